The maximum absolute atomic E-state index is 12.3. The Kier molecular flexibility index (Phi) is 5.93. The maximum Gasteiger partial charge on any atom is 0.235 e. The summed E-state index contributed by atoms with van der Waals surface area (Å²) in [4.78, 5) is 23.4. The van der Waals surface area contributed by atoms with Crippen LogP contribution in [-0.2, 0) is 14.8 Å². The van der Waals surface area contributed by atoms with Crippen LogP contribution in [0.15, 0.2) is 54.6 Å². The fourth-order valence-corrected chi connectivity index (χ4v) is 3.36. The van der Waals surface area contributed by atoms with Crippen molar-refractivity contribution < 1.29 is 18.0 Å². The number of anilines is 2. The molecule has 0 aromatic heterocycles. The molecule has 0 heterocycles. The predicted molar refractivity (Wildman–Crippen MR) is 98.3 cm³/mol. The van der Waals surface area contributed by atoms with Crippen molar-refractivity contribution in [1.29, 1.82) is 0 Å². The van der Waals surface area contributed by atoms with E-state index in [1.165, 1.54) is 14.0 Å². The quantitative estimate of drug-likeness (QED) is 0.770. The second-order valence-corrected chi connectivity index (χ2v) is 7.67. The first kappa shape index (κ1) is 18.7. The van der Waals surface area contributed by atoms with Crippen molar-refractivity contribution in [2.45, 2.75) is 13.3 Å². The summed E-state index contributed by atoms with van der Waals surface area (Å²) in [5, 5.41) is 2.61. The Labute approximate surface area is 147 Å². The molecule has 0 aliphatic heterocycles. The monoisotopic (exact) mass is 360 g/mol. The standard InChI is InChI=1S/C18H20N2O4S/c1-14(21)15-7-6-8-16(13-15)19-18(22)11-12-25(23,24)20(2)17-9-4-3-5-10-17/h3-10,13H,11-12H2,1-2H3,(H,19,22). The van der Waals surface area contributed by atoms with E-state index in [2.05, 4.69) is 5.32 Å². The lowest BCUT2D eigenvalue weighted by Crippen LogP contribution is -2.30. The summed E-state index contributed by atoms with van der Waals surface area (Å²) >= 11 is 0. The smallest absolute Gasteiger partial charge is 0.235 e. The molecule has 0 unspecified atom stereocenters. The highest BCUT2D eigenvalue weighted by Gasteiger charge is 2.19. The normalized spacial score (nSPS) is 11.0. The van der Waals surface area contributed by atoms with Crippen LogP contribution in [0.4, 0.5) is 11.4 Å². The van der Waals surface area contributed by atoms with E-state index in [4.69, 9.17) is 0 Å². The minimum absolute atomic E-state index is 0.108. The molecule has 0 radical (unpaired) electrons. The zero-order chi connectivity index (χ0) is 18.4. The van der Waals surface area contributed by atoms with Crippen LogP contribution in [0.25, 0.3) is 0 Å². The maximum atomic E-state index is 12.3. The Bertz CT molecular complexity index is 864. The molecule has 0 saturated heterocycles. The Morgan fingerprint density at radius 2 is 1.72 bits per heavy atom. The van der Waals surface area contributed by atoms with Gasteiger partial charge in [-0.05, 0) is 31.2 Å². The number of hydrogen-bond donors (Lipinski definition) is 1. The molecule has 7 heteroatoms. The summed E-state index contributed by atoms with van der Waals surface area (Å²) in [7, 11) is -2.15. The number of nitrogens with zero attached hydrogens (tertiary/aromatic N) is 1. The largest absolute Gasteiger partial charge is 0.326 e. The molecule has 1 N–H and O–H groups in total. The van der Waals surface area contributed by atoms with E-state index in [1.807, 2.05) is 0 Å². The molecule has 0 bridgehead atoms. The fourth-order valence-electron chi connectivity index (χ4n) is 2.20. The van der Waals surface area contributed by atoms with Crippen LogP contribution in [0.2, 0.25) is 0 Å². The molecule has 2 aromatic rings. The van der Waals surface area contributed by atoms with Crippen molar-refractivity contribution >= 4 is 33.1 Å². The van der Waals surface area contributed by atoms with E-state index in [9.17, 15) is 18.0 Å². The van der Waals surface area contributed by atoms with Crippen LogP contribution < -0.4 is 9.62 Å². The highest BCUT2D eigenvalue weighted by atomic mass is 32.2. The minimum atomic E-state index is -3.60. The predicted octanol–water partition coefficient (Wildman–Crippen LogP) is 2.68. The zero-order valence-corrected chi connectivity index (χ0v) is 14.9. The Morgan fingerprint density at radius 1 is 1.04 bits per heavy atom. The number of hydrogen-bond acceptors (Lipinski definition) is 4. The van der Waals surface area contributed by atoms with E-state index >= 15 is 0 Å². The second-order valence-electron chi connectivity index (χ2n) is 5.55. The van der Waals surface area contributed by atoms with Gasteiger partial charge in [0, 0.05) is 24.7 Å². The van der Waals surface area contributed by atoms with Crippen molar-refractivity contribution in [3.05, 3.63) is 60.2 Å². The first-order valence-corrected chi connectivity index (χ1v) is 9.33. The Morgan fingerprint density at radius 3 is 2.36 bits per heavy atom. The molecule has 0 aliphatic rings. The SMILES string of the molecule is CC(=O)c1cccc(NC(=O)CCS(=O)(=O)N(C)c2ccccc2)c1. The number of benzene rings is 2. The van der Waals surface area contributed by atoms with Gasteiger partial charge in [0.15, 0.2) is 5.78 Å². The van der Waals surface area contributed by atoms with Gasteiger partial charge in [-0.15, -0.1) is 0 Å². The molecule has 25 heavy (non-hydrogen) atoms. The second kappa shape index (κ2) is 7.94. The molecule has 0 saturated carbocycles. The third-order valence-corrected chi connectivity index (χ3v) is 5.44. The van der Waals surface area contributed by atoms with Gasteiger partial charge in [-0.1, -0.05) is 30.3 Å². The van der Waals surface area contributed by atoms with Crippen molar-refractivity contribution in [1.82, 2.24) is 0 Å². The summed E-state index contributed by atoms with van der Waals surface area (Å²) in [6.07, 6.45) is -0.177. The van der Waals surface area contributed by atoms with E-state index < -0.39 is 15.9 Å². The number of rotatable bonds is 7. The molecule has 0 atom stereocenters. The first-order chi connectivity index (χ1) is 11.8. The third-order valence-electron chi connectivity index (χ3n) is 3.68. The fraction of sp³-hybridized carbons (Fsp3) is 0.222. The van der Waals surface area contributed by atoms with Gasteiger partial charge in [0.2, 0.25) is 15.9 Å². The molecular weight excluding hydrogens is 340 g/mol. The van der Waals surface area contributed by atoms with Gasteiger partial charge in [0.05, 0.1) is 11.4 Å². The van der Waals surface area contributed by atoms with Crippen LogP contribution in [0.1, 0.15) is 23.7 Å². The molecular formula is C18H20N2O4S. The molecule has 0 fully saturated rings. The van der Waals surface area contributed by atoms with Gasteiger partial charge in [0.1, 0.15) is 0 Å². The lowest BCUT2D eigenvalue weighted by Gasteiger charge is -2.19. The van der Waals surface area contributed by atoms with E-state index in [-0.39, 0.29) is 18.0 Å². The van der Waals surface area contributed by atoms with Gasteiger partial charge in [0.25, 0.3) is 0 Å². The summed E-state index contributed by atoms with van der Waals surface area (Å²) in [5.74, 6) is -0.842. The van der Waals surface area contributed by atoms with E-state index in [0.717, 1.165) is 4.31 Å². The zero-order valence-electron chi connectivity index (χ0n) is 14.1. The highest BCUT2D eigenvalue weighted by molar-refractivity contribution is 7.92. The number of carbonyl (C=O) groups is 2. The van der Waals surface area contributed by atoms with Crippen LogP contribution in [0, 0.1) is 0 Å². The number of carbonyl (C=O) groups excluding carboxylic acids is 2. The van der Waals surface area contributed by atoms with Crippen molar-refractivity contribution in [3.8, 4) is 0 Å². The van der Waals surface area contributed by atoms with Gasteiger partial charge in [-0.25, -0.2) is 8.42 Å². The highest BCUT2D eigenvalue weighted by Crippen LogP contribution is 2.16. The van der Waals surface area contributed by atoms with Crippen molar-refractivity contribution in [2.24, 2.45) is 0 Å². The van der Waals surface area contributed by atoms with Gasteiger partial charge >= 0.3 is 0 Å². The minimum Gasteiger partial charge on any atom is -0.326 e. The number of para-hydroxylation sites is 1. The molecule has 1 amide bonds. The number of amides is 1. The molecule has 2 rings (SSSR count). The molecule has 6 nitrogen and oxygen atoms in total. The number of sulfonamides is 1. The molecule has 0 spiro atoms. The van der Waals surface area contributed by atoms with E-state index in [0.29, 0.717) is 16.9 Å². The molecule has 132 valence electrons. The van der Waals surface area contributed by atoms with Crippen LogP contribution in [0.3, 0.4) is 0 Å². The third kappa shape index (κ3) is 5.15. The van der Waals surface area contributed by atoms with Crippen molar-refractivity contribution in [3.63, 3.8) is 0 Å². The molecule has 0 aliphatic carbocycles. The average molecular weight is 360 g/mol. The van der Waals surface area contributed by atoms with Gasteiger partial charge in [-0.3, -0.25) is 13.9 Å². The van der Waals surface area contributed by atoms with Crippen molar-refractivity contribution in [2.75, 3.05) is 22.4 Å². The Balaban J connectivity index is 1.97. The summed E-state index contributed by atoms with van der Waals surface area (Å²) in [5.41, 5.74) is 1.48. The molecule has 2 aromatic carbocycles. The summed E-state index contributed by atoms with van der Waals surface area (Å²) in [6, 6.07) is 15.2. The number of Topliss-reactive ketones (excluding diaryl/α,β-unsaturated/α-hetero) is 1. The first-order valence-electron chi connectivity index (χ1n) is 7.72. The van der Waals surface area contributed by atoms with Gasteiger partial charge < -0.3 is 5.32 Å². The number of nitrogens with one attached hydrogen (secondary N) is 1. The van der Waals surface area contributed by atoms with Crippen LogP contribution in [-0.4, -0.2) is 32.9 Å². The number of ketones is 1. The van der Waals surface area contributed by atoms with Crippen LogP contribution >= 0.6 is 0 Å². The summed E-state index contributed by atoms with van der Waals surface area (Å²) in [6.45, 7) is 1.44. The topological polar surface area (TPSA) is 83.5 Å². The summed E-state index contributed by atoms with van der Waals surface area (Å²) < 4.78 is 25.8. The lowest BCUT2D eigenvalue weighted by molar-refractivity contribution is -0.115. The van der Waals surface area contributed by atoms with Crippen LogP contribution in [0.5, 0.6) is 0 Å². The Hall–Kier alpha value is -2.67. The average Bonchev–Trinajstić information content (AvgIpc) is 2.60. The lowest BCUT2D eigenvalue weighted by atomic mass is 10.1. The van der Waals surface area contributed by atoms with Gasteiger partial charge in [-0.2, -0.15) is 0 Å². The van der Waals surface area contributed by atoms with E-state index in [1.54, 1.807) is 54.6 Å².